The van der Waals surface area contributed by atoms with Crippen LogP contribution < -0.4 is 5.32 Å². The first kappa shape index (κ1) is 18.0. The molecule has 1 heterocycles. The molecule has 25 heavy (non-hydrogen) atoms. The average molecular weight is 356 g/mol. The fourth-order valence-corrected chi connectivity index (χ4v) is 3.39. The molecule has 0 amide bonds. The molecular formula is C22H26ClNO. The molecule has 0 aliphatic heterocycles. The minimum Gasteiger partial charge on any atom is -0.459 e. The molecule has 0 bridgehead atoms. The van der Waals surface area contributed by atoms with Gasteiger partial charge in [0.2, 0.25) is 0 Å². The fourth-order valence-electron chi connectivity index (χ4n) is 3.22. The number of halogens is 1. The van der Waals surface area contributed by atoms with E-state index in [2.05, 4.69) is 36.5 Å². The first-order chi connectivity index (χ1) is 12.3. The number of hydrogen-bond acceptors (Lipinski definition) is 2. The molecule has 0 unspecified atom stereocenters. The lowest BCUT2D eigenvalue weighted by Gasteiger charge is -2.06. The van der Waals surface area contributed by atoms with E-state index < -0.39 is 0 Å². The lowest BCUT2D eigenvalue weighted by Crippen LogP contribution is -2.14. The smallest absolute Gasteiger partial charge is 0.135 e. The number of unbranched alkanes of at least 4 members (excludes halogenated alkanes) is 4. The third-order valence-corrected chi connectivity index (χ3v) is 4.76. The first-order valence-corrected chi connectivity index (χ1v) is 9.64. The third kappa shape index (κ3) is 4.65. The van der Waals surface area contributed by atoms with Crippen LogP contribution in [-0.2, 0) is 6.54 Å². The zero-order valence-electron chi connectivity index (χ0n) is 14.9. The maximum Gasteiger partial charge on any atom is 0.135 e. The summed E-state index contributed by atoms with van der Waals surface area (Å²) in [6.45, 7) is 4.01. The quantitative estimate of drug-likeness (QED) is 0.426. The Labute approximate surface area is 155 Å². The van der Waals surface area contributed by atoms with Crippen molar-refractivity contribution >= 4 is 22.6 Å². The molecule has 0 spiro atoms. The van der Waals surface area contributed by atoms with Gasteiger partial charge in [0.25, 0.3) is 0 Å². The van der Waals surface area contributed by atoms with Gasteiger partial charge in [0.15, 0.2) is 0 Å². The van der Waals surface area contributed by atoms with Crippen molar-refractivity contribution in [2.24, 2.45) is 0 Å². The highest BCUT2D eigenvalue weighted by atomic mass is 35.5. The first-order valence-electron chi connectivity index (χ1n) is 9.26. The van der Waals surface area contributed by atoms with Crippen LogP contribution in [0.1, 0.15) is 44.8 Å². The Bertz CT molecular complexity index is 794. The van der Waals surface area contributed by atoms with E-state index in [1.165, 1.54) is 37.7 Å². The molecule has 0 fully saturated rings. The Kier molecular flexibility index (Phi) is 6.55. The predicted octanol–water partition coefficient (Wildman–Crippen LogP) is 6.81. The minimum absolute atomic E-state index is 0.737. The summed E-state index contributed by atoms with van der Waals surface area (Å²) in [5.74, 6) is 0.983. The van der Waals surface area contributed by atoms with E-state index in [1.807, 2.05) is 24.3 Å². The Hall–Kier alpha value is -1.77. The second kappa shape index (κ2) is 9.07. The van der Waals surface area contributed by atoms with Gasteiger partial charge in [0, 0.05) is 16.0 Å². The number of hydrogen-bond donors (Lipinski definition) is 1. The van der Waals surface area contributed by atoms with Crippen LogP contribution in [0.5, 0.6) is 0 Å². The van der Waals surface area contributed by atoms with Crippen molar-refractivity contribution in [2.45, 2.75) is 45.6 Å². The van der Waals surface area contributed by atoms with Crippen molar-refractivity contribution in [2.75, 3.05) is 6.54 Å². The van der Waals surface area contributed by atoms with Gasteiger partial charge >= 0.3 is 0 Å². The maximum absolute atomic E-state index is 6.22. The van der Waals surface area contributed by atoms with Crippen LogP contribution in [0.15, 0.2) is 52.9 Å². The molecule has 3 aromatic rings. The van der Waals surface area contributed by atoms with E-state index in [0.717, 1.165) is 40.4 Å². The van der Waals surface area contributed by atoms with Gasteiger partial charge in [-0.2, -0.15) is 0 Å². The molecule has 132 valence electrons. The molecule has 1 N–H and O–H groups in total. The lowest BCUT2D eigenvalue weighted by atomic mass is 10.0. The maximum atomic E-state index is 6.22. The van der Waals surface area contributed by atoms with Crippen molar-refractivity contribution in [3.05, 3.63) is 59.3 Å². The van der Waals surface area contributed by atoms with Crippen molar-refractivity contribution in [1.29, 1.82) is 0 Å². The Morgan fingerprint density at radius 3 is 2.56 bits per heavy atom. The van der Waals surface area contributed by atoms with Crippen molar-refractivity contribution in [3.8, 4) is 11.1 Å². The van der Waals surface area contributed by atoms with Crippen molar-refractivity contribution < 1.29 is 4.42 Å². The van der Waals surface area contributed by atoms with E-state index >= 15 is 0 Å². The molecular weight excluding hydrogens is 330 g/mol. The molecule has 3 rings (SSSR count). The van der Waals surface area contributed by atoms with Gasteiger partial charge in [0.1, 0.15) is 11.3 Å². The zero-order chi connectivity index (χ0) is 17.5. The molecule has 2 aromatic carbocycles. The fraction of sp³-hybridized carbons (Fsp3) is 0.364. The van der Waals surface area contributed by atoms with E-state index in [-0.39, 0.29) is 0 Å². The van der Waals surface area contributed by atoms with Crippen molar-refractivity contribution in [3.63, 3.8) is 0 Å². The summed E-state index contributed by atoms with van der Waals surface area (Å²) in [5, 5.41) is 5.36. The Morgan fingerprint density at radius 2 is 1.76 bits per heavy atom. The van der Waals surface area contributed by atoms with Crippen LogP contribution in [0.25, 0.3) is 22.1 Å². The van der Waals surface area contributed by atoms with E-state index in [9.17, 15) is 0 Å². The highest BCUT2D eigenvalue weighted by Crippen LogP contribution is 2.36. The van der Waals surface area contributed by atoms with Crippen LogP contribution in [-0.4, -0.2) is 6.54 Å². The summed E-state index contributed by atoms with van der Waals surface area (Å²) in [6, 6.07) is 16.2. The molecule has 0 saturated carbocycles. The van der Waals surface area contributed by atoms with Crippen LogP contribution >= 0.6 is 11.6 Å². The molecule has 0 radical (unpaired) electrons. The average Bonchev–Trinajstić information content (AvgIpc) is 2.99. The number of rotatable bonds is 9. The van der Waals surface area contributed by atoms with Gasteiger partial charge in [-0.3, -0.25) is 0 Å². The summed E-state index contributed by atoms with van der Waals surface area (Å²) in [6.07, 6.45) is 6.46. The van der Waals surface area contributed by atoms with Gasteiger partial charge in [-0.15, -0.1) is 0 Å². The lowest BCUT2D eigenvalue weighted by molar-refractivity contribution is 0.504. The molecule has 0 aliphatic carbocycles. The Balaban J connectivity index is 1.76. The summed E-state index contributed by atoms with van der Waals surface area (Å²) in [7, 11) is 0. The SMILES string of the molecule is CCCCCCCNCc1oc2ccc(Cl)cc2c1-c1ccccc1. The molecule has 0 atom stereocenters. The summed E-state index contributed by atoms with van der Waals surface area (Å²) >= 11 is 6.22. The van der Waals surface area contributed by atoms with Gasteiger partial charge in [0.05, 0.1) is 6.54 Å². The largest absolute Gasteiger partial charge is 0.459 e. The number of furan rings is 1. The van der Waals surface area contributed by atoms with E-state index in [4.69, 9.17) is 16.0 Å². The zero-order valence-corrected chi connectivity index (χ0v) is 15.6. The molecule has 2 nitrogen and oxygen atoms in total. The Morgan fingerprint density at radius 1 is 0.960 bits per heavy atom. The van der Waals surface area contributed by atoms with E-state index in [0.29, 0.717) is 0 Å². The number of benzene rings is 2. The van der Waals surface area contributed by atoms with Crippen molar-refractivity contribution in [1.82, 2.24) is 5.32 Å². The van der Waals surface area contributed by atoms with Crippen LogP contribution in [0.4, 0.5) is 0 Å². The topological polar surface area (TPSA) is 25.2 Å². The molecule has 0 saturated heterocycles. The normalized spacial score (nSPS) is 11.3. The van der Waals surface area contributed by atoms with E-state index in [1.54, 1.807) is 0 Å². The number of fused-ring (bicyclic) bond motifs is 1. The third-order valence-electron chi connectivity index (χ3n) is 4.53. The molecule has 1 aromatic heterocycles. The van der Waals surface area contributed by atoms with Gasteiger partial charge in [-0.25, -0.2) is 0 Å². The minimum atomic E-state index is 0.737. The predicted molar refractivity (Wildman–Crippen MR) is 107 cm³/mol. The van der Waals surface area contributed by atoms with Crippen LogP contribution in [0, 0.1) is 0 Å². The summed E-state index contributed by atoms with van der Waals surface area (Å²) < 4.78 is 6.13. The standard InChI is InChI=1S/C22H26ClNO/c1-2-3-4-5-9-14-24-16-21-22(17-10-7-6-8-11-17)19-15-18(23)12-13-20(19)25-21/h6-8,10-13,15,24H,2-5,9,14,16H2,1H3. The highest BCUT2D eigenvalue weighted by molar-refractivity contribution is 6.31. The second-order valence-electron chi connectivity index (χ2n) is 6.50. The van der Waals surface area contributed by atoms with Crippen LogP contribution in [0.3, 0.4) is 0 Å². The summed E-state index contributed by atoms with van der Waals surface area (Å²) in [5.41, 5.74) is 3.21. The molecule has 0 aliphatic rings. The van der Waals surface area contributed by atoms with Crippen LogP contribution in [0.2, 0.25) is 5.02 Å². The van der Waals surface area contributed by atoms with Gasteiger partial charge < -0.3 is 9.73 Å². The summed E-state index contributed by atoms with van der Waals surface area (Å²) in [4.78, 5) is 0. The van der Waals surface area contributed by atoms with Gasteiger partial charge in [-0.05, 0) is 36.7 Å². The number of nitrogens with one attached hydrogen (secondary N) is 1. The monoisotopic (exact) mass is 355 g/mol. The molecule has 3 heteroatoms. The second-order valence-corrected chi connectivity index (χ2v) is 6.93. The van der Waals surface area contributed by atoms with Gasteiger partial charge in [-0.1, -0.05) is 74.5 Å². The highest BCUT2D eigenvalue weighted by Gasteiger charge is 2.15.